The van der Waals surface area contributed by atoms with E-state index >= 15 is 0 Å². The van der Waals surface area contributed by atoms with Crippen LogP contribution in [0.1, 0.15) is 51.5 Å². The number of aliphatic hydroxyl groups excluding tert-OH is 1. The number of benzene rings is 1. The Bertz CT molecular complexity index is 1400. The molecule has 4 aromatic rings. The van der Waals surface area contributed by atoms with Crippen molar-refractivity contribution in [2.24, 2.45) is 0 Å². The highest BCUT2D eigenvalue weighted by molar-refractivity contribution is 5.94. The van der Waals surface area contributed by atoms with Gasteiger partial charge in [0.1, 0.15) is 5.65 Å². The van der Waals surface area contributed by atoms with E-state index in [1.807, 2.05) is 17.3 Å². The van der Waals surface area contributed by atoms with Crippen molar-refractivity contribution in [3.63, 3.8) is 0 Å². The first-order valence-corrected chi connectivity index (χ1v) is 12.4. The lowest BCUT2D eigenvalue weighted by atomic mass is 9.87. The molecule has 1 saturated heterocycles. The Morgan fingerprint density at radius 2 is 2.14 bits per heavy atom. The van der Waals surface area contributed by atoms with Gasteiger partial charge in [-0.3, -0.25) is 9.48 Å². The number of fused-ring (bicyclic) bond motifs is 2. The summed E-state index contributed by atoms with van der Waals surface area (Å²) >= 11 is 0. The molecule has 0 unspecified atom stereocenters. The van der Waals surface area contributed by atoms with Crippen molar-refractivity contribution in [1.29, 1.82) is 0 Å². The molecule has 35 heavy (non-hydrogen) atoms. The van der Waals surface area contributed by atoms with Crippen LogP contribution < -0.4 is 5.32 Å². The molecular formula is C27H30N6O2. The first-order chi connectivity index (χ1) is 17.1. The minimum atomic E-state index is -0.00756. The van der Waals surface area contributed by atoms with Gasteiger partial charge in [0.15, 0.2) is 0 Å². The first-order valence-electron chi connectivity index (χ1n) is 12.4. The van der Waals surface area contributed by atoms with E-state index in [0.717, 1.165) is 42.4 Å². The molecule has 8 nitrogen and oxygen atoms in total. The maximum absolute atomic E-state index is 13.3. The third kappa shape index (κ3) is 4.02. The standard InChI is InChI=1S/C27H30N6O2/c1-17-12-29-26-22(17)11-20(13-30-26)19-9-18-4-6-32(27(35)21-14-31-33(15-21)7-8-34)16-24(18)23(10-19)25-3-2-5-28-25/h9-15,25,28,34H,2-8,16H2,1H3,(H,29,30)/t25-/m0/s1. The number of nitrogens with one attached hydrogen (secondary N) is 2. The van der Waals surface area contributed by atoms with Gasteiger partial charge in [-0.05, 0) is 72.7 Å². The van der Waals surface area contributed by atoms with Gasteiger partial charge < -0.3 is 20.3 Å². The molecule has 0 radical (unpaired) electrons. The molecule has 0 spiro atoms. The number of aryl methyl sites for hydroxylation is 1. The number of carbonyl (C=O) groups is 1. The highest BCUT2D eigenvalue weighted by atomic mass is 16.3. The zero-order valence-electron chi connectivity index (χ0n) is 19.9. The molecule has 2 aliphatic heterocycles. The van der Waals surface area contributed by atoms with Gasteiger partial charge in [-0.2, -0.15) is 5.10 Å². The van der Waals surface area contributed by atoms with Gasteiger partial charge in [-0.15, -0.1) is 0 Å². The topological polar surface area (TPSA) is 99.1 Å². The Morgan fingerprint density at radius 1 is 1.23 bits per heavy atom. The van der Waals surface area contributed by atoms with Crippen LogP contribution in [0.2, 0.25) is 0 Å². The summed E-state index contributed by atoms with van der Waals surface area (Å²) in [6.07, 6.45) is 10.4. The van der Waals surface area contributed by atoms with Crippen molar-refractivity contribution < 1.29 is 9.90 Å². The Kier molecular flexibility index (Phi) is 5.62. The molecule has 0 bridgehead atoms. The van der Waals surface area contributed by atoms with Gasteiger partial charge in [0.2, 0.25) is 0 Å². The summed E-state index contributed by atoms with van der Waals surface area (Å²) < 4.78 is 1.61. The summed E-state index contributed by atoms with van der Waals surface area (Å²) in [5.41, 5.74) is 8.87. The Labute approximate surface area is 204 Å². The van der Waals surface area contributed by atoms with Crippen molar-refractivity contribution in [3.8, 4) is 11.1 Å². The van der Waals surface area contributed by atoms with Crippen LogP contribution in [0.15, 0.2) is 43.0 Å². The first kappa shape index (κ1) is 22.0. The molecule has 6 rings (SSSR count). The molecular weight excluding hydrogens is 440 g/mol. The van der Waals surface area contributed by atoms with Crippen molar-refractivity contribution >= 4 is 16.9 Å². The minimum Gasteiger partial charge on any atom is -0.394 e. The summed E-state index contributed by atoms with van der Waals surface area (Å²) in [4.78, 5) is 23.1. The molecule has 1 aromatic carbocycles. The second-order valence-electron chi connectivity index (χ2n) is 9.64. The number of aromatic amines is 1. The van der Waals surface area contributed by atoms with Crippen LogP contribution >= 0.6 is 0 Å². The van der Waals surface area contributed by atoms with Gasteiger partial charge in [-0.1, -0.05) is 6.07 Å². The third-order valence-corrected chi connectivity index (χ3v) is 7.38. The number of rotatable bonds is 5. The molecule has 5 heterocycles. The fraction of sp³-hybridized carbons (Fsp3) is 0.370. The van der Waals surface area contributed by atoms with E-state index in [1.165, 1.54) is 27.8 Å². The lowest BCUT2D eigenvalue weighted by molar-refractivity contribution is 0.0733. The van der Waals surface area contributed by atoms with Crippen molar-refractivity contribution in [3.05, 3.63) is 70.8 Å². The quantitative estimate of drug-likeness (QED) is 0.416. The van der Waals surface area contributed by atoms with E-state index in [9.17, 15) is 4.79 Å². The summed E-state index contributed by atoms with van der Waals surface area (Å²) in [5, 5.41) is 18.2. The highest BCUT2D eigenvalue weighted by Crippen LogP contribution is 2.36. The minimum absolute atomic E-state index is 0.00140. The molecule has 8 heteroatoms. The summed E-state index contributed by atoms with van der Waals surface area (Å²) in [5.74, 6) is -0.00756. The highest BCUT2D eigenvalue weighted by Gasteiger charge is 2.29. The van der Waals surface area contributed by atoms with Gasteiger partial charge in [0.25, 0.3) is 5.91 Å². The van der Waals surface area contributed by atoms with Crippen LogP contribution in [0, 0.1) is 6.92 Å². The summed E-state index contributed by atoms with van der Waals surface area (Å²) in [7, 11) is 0. The van der Waals surface area contributed by atoms with Crippen molar-refractivity contribution in [1.82, 2.24) is 30.0 Å². The maximum atomic E-state index is 13.3. The number of carbonyl (C=O) groups excluding carboxylic acids is 1. The molecule has 1 fully saturated rings. The molecule has 180 valence electrons. The monoisotopic (exact) mass is 470 g/mol. The van der Waals surface area contributed by atoms with E-state index < -0.39 is 0 Å². The molecule has 2 aliphatic rings. The van der Waals surface area contributed by atoms with Crippen LogP contribution in [0.3, 0.4) is 0 Å². The predicted octanol–water partition coefficient (Wildman–Crippen LogP) is 3.35. The zero-order chi connectivity index (χ0) is 23.9. The van der Waals surface area contributed by atoms with E-state index in [0.29, 0.717) is 31.2 Å². The third-order valence-electron chi connectivity index (χ3n) is 7.38. The number of hydrogen-bond donors (Lipinski definition) is 3. The van der Waals surface area contributed by atoms with Crippen molar-refractivity contribution in [2.45, 2.75) is 45.3 Å². The van der Waals surface area contributed by atoms with Crippen LogP contribution in [0.25, 0.3) is 22.2 Å². The summed E-state index contributed by atoms with van der Waals surface area (Å²) in [6.45, 7) is 4.78. The fourth-order valence-electron chi connectivity index (χ4n) is 5.47. The lowest BCUT2D eigenvalue weighted by Gasteiger charge is -2.32. The number of hydrogen-bond acceptors (Lipinski definition) is 5. The smallest absolute Gasteiger partial charge is 0.257 e. The van der Waals surface area contributed by atoms with Gasteiger partial charge in [0.05, 0.1) is 24.9 Å². The number of aliphatic hydroxyl groups is 1. The summed E-state index contributed by atoms with van der Waals surface area (Å²) in [6, 6.07) is 7.13. The van der Waals surface area contributed by atoms with Gasteiger partial charge in [-0.25, -0.2) is 4.98 Å². The molecule has 1 amide bonds. The number of aromatic nitrogens is 4. The fourth-order valence-corrected chi connectivity index (χ4v) is 5.47. The predicted molar refractivity (Wildman–Crippen MR) is 134 cm³/mol. The number of pyridine rings is 1. The average Bonchev–Trinajstić information content (AvgIpc) is 3.65. The largest absolute Gasteiger partial charge is 0.394 e. The second-order valence-corrected chi connectivity index (χ2v) is 9.64. The Hall–Kier alpha value is -3.49. The normalized spacial score (nSPS) is 17.8. The molecule has 3 aromatic heterocycles. The lowest BCUT2D eigenvalue weighted by Crippen LogP contribution is -2.37. The van der Waals surface area contributed by atoms with Crippen molar-refractivity contribution in [2.75, 3.05) is 19.7 Å². The Balaban J connectivity index is 1.36. The number of H-pyrrole nitrogens is 1. The SMILES string of the molecule is Cc1c[nH]c2ncc(-c3cc4c(c([C@@H]5CCCN5)c3)CN(C(=O)c3cnn(CCO)c3)CC4)cc12. The Morgan fingerprint density at radius 3 is 2.97 bits per heavy atom. The van der Waals surface area contributed by atoms with Crippen LogP contribution in [-0.4, -0.2) is 55.4 Å². The van der Waals surface area contributed by atoms with Gasteiger partial charge in [0, 0.05) is 48.7 Å². The van der Waals surface area contributed by atoms with Crippen LogP contribution in [0.5, 0.6) is 0 Å². The maximum Gasteiger partial charge on any atom is 0.257 e. The average molecular weight is 471 g/mol. The van der Waals surface area contributed by atoms with Gasteiger partial charge >= 0.3 is 0 Å². The van der Waals surface area contributed by atoms with E-state index in [-0.39, 0.29) is 12.5 Å². The van der Waals surface area contributed by atoms with E-state index in [2.05, 4.69) is 45.5 Å². The second kappa shape index (κ2) is 8.94. The zero-order valence-corrected chi connectivity index (χ0v) is 19.9. The van der Waals surface area contributed by atoms with Crippen LogP contribution in [0.4, 0.5) is 0 Å². The number of nitrogens with zero attached hydrogens (tertiary/aromatic N) is 4. The molecule has 0 aliphatic carbocycles. The van der Waals surface area contributed by atoms with E-state index in [4.69, 9.17) is 5.11 Å². The van der Waals surface area contributed by atoms with Crippen LogP contribution in [-0.2, 0) is 19.5 Å². The molecule has 3 N–H and O–H groups in total. The number of amides is 1. The molecule has 0 saturated carbocycles. The van der Waals surface area contributed by atoms with E-state index in [1.54, 1.807) is 17.1 Å². The molecule has 1 atom stereocenters.